The van der Waals surface area contributed by atoms with Gasteiger partial charge < -0.3 is 16.0 Å². The SMILES string of the molecule is CC(CCNC(C)NC=O)CC(=O)NC(C)NC=O. The van der Waals surface area contributed by atoms with E-state index in [2.05, 4.69) is 21.3 Å². The van der Waals surface area contributed by atoms with Crippen LogP contribution in [-0.4, -0.2) is 37.6 Å². The molecule has 0 aromatic rings. The molecule has 0 bridgehead atoms. The molecule has 0 rings (SSSR count). The van der Waals surface area contributed by atoms with Gasteiger partial charge in [-0.2, -0.15) is 0 Å². The average molecular weight is 272 g/mol. The molecule has 0 aliphatic rings. The van der Waals surface area contributed by atoms with Crippen molar-refractivity contribution in [2.45, 2.75) is 45.9 Å². The third-order valence-electron chi connectivity index (χ3n) is 2.64. The van der Waals surface area contributed by atoms with Gasteiger partial charge in [0.15, 0.2) is 0 Å². The number of nitrogens with one attached hydrogen (secondary N) is 4. The summed E-state index contributed by atoms with van der Waals surface area (Å²) in [6.07, 6.45) is 2.01. The van der Waals surface area contributed by atoms with E-state index in [0.717, 1.165) is 13.0 Å². The minimum Gasteiger partial charge on any atom is -0.344 e. The lowest BCUT2D eigenvalue weighted by molar-refractivity contribution is -0.123. The van der Waals surface area contributed by atoms with Crippen molar-refractivity contribution in [3.05, 3.63) is 0 Å². The highest BCUT2D eigenvalue weighted by atomic mass is 16.2. The minimum atomic E-state index is -0.355. The van der Waals surface area contributed by atoms with Crippen molar-refractivity contribution in [3.63, 3.8) is 0 Å². The molecule has 0 saturated carbocycles. The third-order valence-corrected chi connectivity index (χ3v) is 2.64. The molecule has 0 radical (unpaired) electrons. The Morgan fingerprint density at radius 1 is 1.05 bits per heavy atom. The van der Waals surface area contributed by atoms with Gasteiger partial charge in [0.05, 0.1) is 12.3 Å². The molecule has 0 spiro atoms. The Morgan fingerprint density at radius 3 is 2.21 bits per heavy atom. The first-order chi connectivity index (χ1) is 8.99. The van der Waals surface area contributed by atoms with Crippen molar-refractivity contribution < 1.29 is 14.4 Å². The second-order valence-electron chi connectivity index (χ2n) is 4.63. The molecule has 3 amide bonds. The molecule has 7 nitrogen and oxygen atoms in total. The van der Waals surface area contributed by atoms with Gasteiger partial charge in [0.25, 0.3) is 0 Å². The Hall–Kier alpha value is -1.63. The molecular weight excluding hydrogens is 248 g/mol. The largest absolute Gasteiger partial charge is 0.344 e. The van der Waals surface area contributed by atoms with Crippen LogP contribution in [0.3, 0.4) is 0 Å². The first-order valence-electron chi connectivity index (χ1n) is 6.41. The third kappa shape index (κ3) is 10.0. The summed E-state index contributed by atoms with van der Waals surface area (Å²) in [6.45, 7) is 6.25. The lowest BCUT2D eigenvalue weighted by Gasteiger charge is -2.17. The predicted molar refractivity (Wildman–Crippen MR) is 71.9 cm³/mol. The molecule has 0 aromatic heterocycles. The zero-order chi connectivity index (χ0) is 14.7. The van der Waals surface area contributed by atoms with Crippen LogP contribution in [0.4, 0.5) is 0 Å². The van der Waals surface area contributed by atoms with Gasteiger partial charge in [-0.1, -0.05) is 6.92 Å². The molecule has 0 aliphatic heterocycles. The molecular formula is C12H24N4O3. The van der Waals surface area contributed by atoms with Crippen molar-refractivity contribution in [2.24, 2.45) is 5.92 Å². The topological polar surface area (TPSA) is 99.3 Å². The molecule has 0 aliphatic carbocycles. The predicted octanol–water partition coefficient (Wildman–Crippen LogP) is -0.707. The Labute approximate surface area is 113 Å². The summed E-state index contributed by atoms with van der Waals surface area (Å²) in [5, 5.41) is 10.8. The Morgan fingerprint density at radius 2 is 1.63 bits per heavy atom. The van der Waals surface area contributed by atoms with Crippen molar-refractivity contribution in [1.82, 2.24) is 21.3 Å². The van der Waals surface area contributed by atoms with Crippen LogP contribution in [-0.2, 0) is 14.4 Å². The number of carbonyl (C=O) groups is 3. The Balaban J connectivity index is 3.72. The van der Waals surface area contributed by atoms with Gasteiger partial charge in [-0.25, -0.2) is 0 Å². The standard InChI is InChI=1S/C12H24N4O3/c1-9(4-5-13-10(2)14-7-17)6-12(19)16-11(3)15-8-18/h7-11,13H,4-6H2,1-3H3,(H,14,17)(H,15,18)(H,16,19). The summed E-state index contributed by atoms with van der Waals surface area (Å²) in [6, 6.07) is 0. The van der Waals surface area contributed by atoms with E-state index in [4.69, 9.17) is 0 Å². The quantitative estimate of drug-likeness (QED) is 0.295. The van der Waals surface area contributed by atoms with E-state index in [0.29, 0.717) is 19.2 Å². The molecule has 4 N–H and O–H groups in total. The van der Waals surface area contributed by atoms with E-state index in [-0.39, 0.29) is 24.2 Å². The summed E-state index contributed by atoms with van der Waals surface area (Å²) in [5.74, 6) is 0.132. The van der Waals surface area contributed by atoms with E-state index in [1.807, 2.05) is 13.8 Å². The molecule has 7 heteroatoms. The minimum absolute atomic E-state index is 0.0738. The molecule has 0 saturated heterocycles. The van der Waals surface area contributed by atoms with Gasteiger partial charge in [-0.3, -0.25) is 19.7 Å². The molecule has 3 unspecified atom stereocenters. The molecule has 110 valence electrons. The summed E-state index contributed by atoms with van der Waals surface area (Å²) >= 11 is 0. The summed E-state index contributed by atoms with van der Waals surface area (Å²) in [5.41, 5.74) is 0. The fraction of sp³-hybridized carbons (Fsp3) is 0.750. The zero-order valence-corrected chi connectivity index (χ0v) is 11.7. The van der Waals surface area contributed by atoms with Gasteiger partial charge in [-0.15, -0.1) is 0 Å². The van der Waals surface area contributed by atoms with Gasteiger partial charge >= 0.3 is 0 Å². The van der Waals surface area contributed by atoms with E-state index in [9.17, 15) is 14.4 Å². The van der Waals surface area contributed by atoms with Crippen molar-refractivity contribution >= 4 is 18.7 Å². The fourth-order valence-electron chi connectivity index (χ4n) is 1.57. The molecule has 0 aromatic carbocycles. The first-order valence-corrected chi connectivity index (χ1v) is 6.41. The van der Waals surface area contributed by atoms with Crippen molar-refractivity contribution in [3.8, 4) is 0 Å². The highest BCUT2D eigenvalue weighted by Crippen LogP contribution is 2.06. The lowest BCUT2D eigenvalue weighted by Crippen LogP contribution is -2.43. The number of carbonyl (C=O) groups excluding carboxylic acids is 3. The van der Waals surface area contributed by atoms with Crippen LogP contribution in [0, 0.1) is 5.92 Å². The van der Waals surface area contributed by atoms with Gasteiger partial charge in [0.1, 0.15) is 0 Å². The number of rotatable bonds is 11. The highest BCUT2D eigenvalue weighted by molar-refractivity contribution is 5.76. The average Bonchev–Trinajstić information content (AvgIpc) is 2.28. The molecule has 0 heterocycles. The number of hydrogen-bond donors (Lipinski definition) is 4. The van der Waals surface area contributed by atoms with E-state index >= 15 is 0 Å². The Kier molecular flexibility index (Phi) is 9.42. The van der Waals surface area contributed by atoms with E-state index in [1.54, 1.807) is 6.92 Å². The zero-order valence-electron chi connectivity index (χ0n) is 11.7. The van der Waals surface area contributed by atoms with Crippen LogP contribution >= 0.6 is 0 Å². The first kappa shape index (κ1) is 17.4. The van der Waals surface area contributed by atoms with Crippen molar-refractivity contribution in [1.29, 1.82) is 0 Å². The Bertz CT molecular complexity index is 286. The number of hydrogen-bond acceptors (Lipinski definition) is 4. The maximum absolute atomic E-state index is 11.6. The van der Waals surface area contributed by atoms with Crippen LogP contribution in [0.15, 0.2) is 0 Å². The highest BCUT2D eigenvalue weighted by Gasteiger charge is 2.11. The van der Waals surface area contributed by atoms with Gasteiger partial charge in [-0.05, 0) is 32.7 Å². The second kappa shape index (κ2) is 10.3. The summed E-state index contributed by atoms with van der Waals surface area (Å²) in [4.78, 5) is 31.9. The fourth-order valence-corrected chi connectivity index (χ4v) is 1.57. The van der Waals surface area contributed by atoms with E-state index < -0.39 is 0 Å². The van der Waals surface area contributed by atoms with E-state index in [1.165, 1.54) is 0 Å². The van der Waals surface area contributed by atoms with Crippen LogP contribution in [0.2, 0.25) is 0 Å². The number of amides is 3. The summed E-state index contributed by atoms with van der Waals surface area (Å²) in [7, 11) is 0. The normalized spacial score (nSPS) is 14.9. The van der Waals surface area contributed by atoms with Crippen LogP contribution < -0.4 is 21.3 Å². The van der Waals surface area contributed by atoms with Crippen molar-refractivity contribution in [2.75, 3.05) is 6.54 Å². The molecule has 19 heavy (non-hydrogen) atoms. The smallest absolute Gasteiger partial charge is 0.221 e. The van der Waals surface area contributed by atoms with Gasteiger partial charge in [0, 0.05) is 6.42 Å². The maximum atomic E-state index is 11.6. The van der Waals surface area contributed by atoms with Crippen LogP contribution in [0.1, 0.15) is 33.6 Å². The maximum Gasteiger partial charge on any atom is 0.221 e. The molecule has 0 fully saturated rings. The summed E-state index contributed by atoms with van der Waals surface area (Å²) < 4.78 is 0. The molecule has 3 atom stereocenters. The monoisotopic (exact) mass is 272 g/mol. The van der Waals surface area contributed by atoms with Crippen LogP contribution in [0.5, 0.6) is 0 Å². The lowest BCUT2D eigenvalue weighted by atomic mass is 10.0. The van der Waals surface area contributed by atoms with Crippen LogP contribution in [0.25, 0.3) is 0 Å². The van der Waals surface area contributed by atoms with Gasteiger partial charge in [0.2, 0.25) is 18.7 Å². The second-order valence-corrected chi connectivity index (χ2v) is 4.63.